The van der Waals surface area contributed by atoms with Gasteiger partial charge in [-0.05, 0) is 67.4 Å². The van der Waals surface area contributed by atoms with E-state index in [0.29, 0.717) is 24.9 Å². The Kier molecular flexibility index (Phi) is 7.23. The molecule has 1 aromatic heterocycles. The van der Waals surface area contributed by atoms with Crippen LogP contribution in [0.1, 0.15) is 41.9 Å². The number of hydrogen-bond acceptors (Lipinski definition) is 7. The van der Waals surface area contributed by atoms with Gasteiger partial charge in [0.1, 0.15) is 17.4 Å². The van der Waals surface area contributed by atoms with Gasteiger partial charge in [-0.25, -0.2) is 9.97 Å². The summed E-state index contributed by atoms with van der Waals surface area (Å²) in [5, 5.41) is 12.6. The first-order valence-corrected chi connectivity index (χ1v) is 14.2. The molecule has 0 unspecified atom stereocenters. The molecule has 6 rings (SSSR count). The molecule has 8 heteroatoms. The lowest BCUT2D eigenvalue weighted by Gasteiger charge is -2.36. The van der Waals surface area contributed by atoms with Crippen molar-refractivity contribution in [2.75, 3.05) is 44.7 Å². The van der Waals surface area contributed by atoms with Crippen LogP contribution in [0.25, 0.3) is 10.8 Å². The third-order valence-corrected chi connectivity index (χ3v) is 8.64. The van der Waals surface area contributed by atoms with E-state index < -0.39 is 0 Å². The molecule has 0 radical (unpaired) electrons. The van der Waals surface area contributed by atoms with Crippen LogP contribution in [0.2, 0.25) is 0 Å². The molecule has 0 saturated carbocycles. The monoisotopic (exact) mass is 526 g/mol. The van der Waals surface area contributed by atoms with E-state index in [9.17, 15) is 9.90 Å². The highest BCUT2D eigenvalue weighted by Crippen LogP contribution is 2.33. The van der Waals surface area contributed by atoms with E-state index in [2.05, 4.69) is 40.5 Å². The number of phenolic OH excluding ortho intramolecular Hbond substituents is 1. The zero-order chi connectivity index (χ0) is 26.9. The number of rotatable bonds is 7. The van der Waals surface area contributed by atoms with E-state index in [4.69, 9.17) is 9.97 Å². The lowest BCUT2D eigenvalue weighted by Crippen LogP contribution is -2.49. The van der Waals surface area contributed by atoms with Gasteiger partial charge in [-0.2, -0.15) is 0 Å². The van der Waals surface area contributed by atoms with E-state index in [1.165, 1.54) is 36.4 Å². The third kappa shape index (κ3) is 5.36. The fourth-order valence-electron chi connectivity index (χ4n) is 6.49. The predicted molar refractivity (Wildman–Crippen MR) is 154 cm³/mol. The van der Waals surface area contributed by atoms with Crippen molar-refractivity contribution in [1.82, 2.24) is 24.7 Å². The Morgan fingerprint density at radius 1 is 1.10 bits per heavy atom. The van der Waals surface area contributed by atoms with E-state index in [-0.39, 0.29) is 5.91 Å². The Labute approximate surface area is 230 Å². The van der Waals surface area contributed by atoms with Crippen LogP contribution in [0.5, 0.6) is 5.75 Å². The van der Waals surface area contributed by atoms with E-state index >= 15 is 0 Å². The molecular weight excluding hydrogens is 488 g/mol. The van der Waals surface area contributed by atoms with Crippen molar-refractivity contribution in [3.05, 3.63) is 71.7 Å². The molecule has 1 N–H and O–H groups in total. The average molecular weight is 527 g/mol. The lowest BCUT2D eigenvalue weighted by atomic mass is 10.0. The highest BCUT2D eigenvalue weighted by molar-refractivity contribution is 5.87. The first-order valence-electron chi connectivity index (χ1n) is 14.2. The number of aromatic hydroxyl groups is 1. The third-order valence-electron chi connectivity index (χ3n) is 8.64. The van der Waals surface area contributed by atoms with Gasteiger partial charge in [0, 0.05) is 63.8 Å². The second-order valence-corrected chi connectivity index (χ2v) is 11.2. The maximum Gasteiger partial charge on any atom is 0.246 e. The molecular formula is C31H38N6O2. The number of nitrogens with zero attached hydrogens (tertiary/aromatic N) is 6. The summed E-state index contributed by atoms with van der Waals surface area (Å²) in [6.07, 6.45) is 5.87. The predicted octanol–water partition coefficient (Wildman–Crippen LogP) is 3.71. The van der Waals surface area contributed by atoms with Gasteiger partial charge in [0.25, 0.3) is 0 Å². The number of carbonyl (C=O) groups is 1. The molecule has 8 nitrogen and oxygen atoms in total. The Bertz CT molecular complexity index is 1380. The molecule has 2 saturated heterocycles. The van der Waals surface area contributed by atoms with Crippen LogP contribution in [0.4, 0.5) is 5.82 Å². The zero-order valence-corrected chi connectivity index (χ0v) is 22.8. The number of piperazine rings is 1. The summed E-state index contributed by atoms with van der Waals surface area (Å²) in [4.78, 5) is 31.5. The molecule has 0 aliphatic carbocycles. The molecule has 1 amide bonds. The summed E-state index contributed by atoms with van der Waals surface area (Å²) in [5.74, 6) is 2.25. The fourth-order valence-corrected chi connectivity index (χ4v) is 6.49. The smallest absolute Gasteiger partial charge is 0.246 e. The number of amides is 1. The largest absolute Gasteiger partial charge is 0.508 e. The van der Waals surface area contributed by atoms with Crippen LogP contribution < -0.4 is 4.90 Å². The molecule has 3 aromatic rings. The Morgan fingerprint density at radius 3 is 2.69 bits per heavy atom. The average Bonchev–Trinajstić information content (AvgIpc) is 3.55. The quantitative estimate of drug-likeness (QED) is 0.471. The summed E-state index contributed by atoms with van der Waals surface area (Å²) in [6, 6.07) is 12.5. The molecule has 1 atom stereocenters. The lowest BCUT2D eigenvalue weighted by molar-refractivity contribution is -0.126. The van der Waals surface area contributed by atoms with Gasteiger partial charge in [-0.1, -0.05) is 30.8 Å². The van der Waals surface area contributed by atoms with Crippen LogP contribution in [0.3, 0.4) is 0 Å². The number of anilines is 1. The topological polar surface area (TPSA) is 76.0 Å². The van der Waals surface area contributed by atoms with Crippen LogP contribution >= 0.6 is 0 Å². The normalized spacial score (nSPS) is 20.1. The standard InChI is InChI=1S/C31H38N6O2/c1-3-30(39)36-13-15-37(16-14-36)31-27-20-35(19-23-18-25(38)17-22-7-4-5-9-26(22)23)21-28(27)32-29(33-31)11-10-24-8-6-12-34(24)2/h3-5,7,9,17-18,24,38H,1,6,8,10-16,19-21H2,2H3/t24-/m0/s1. The summed E-state index contributed by atoms with van der Waals surface area (Å²) < 4.78 is 0. The van der Waals surface area contributed by atoms with Crippen LogP contribution in [-0.4, -0.2) is 81.5 Å². The van der Waals surface area contributed by atoms with E-state index in [0.717, 1.165) is 73.9 Å². The minimum atomic E-state index is -0.00606. The molecule has 204 valence electrons. The number of phenols is 1. The summed E-state index contributed by atoms with van der Waals surface area (Å²) >= 11 is 0. The second kappa shape index (κ2) is 10.9. The van der Waals surface area contributed by atoms with E-state index in [1.54, 1.807) is 0 Å². The minimum absolute atomic E-state index is 0.00606. The van der Waals surface area contributed by atoms with Gasteiger partial charge in [0.05, 0.1) is 5.69 Å². The number of benzene rings is 2. The number of hydrogen-bond donors (Lipinski definition) is 1. The van der Waals surface area contributed by atoms with Gasteiger partial charge in [-0.3, -0.25) is 9.69 Å². The second-order valence-electron chi connectivity index (χ2n) is 11.2. The fraction of sp³-hybridized carbons (Fsp3) is 0.452. The first kappa shape index (κ1) is 25.8. The summed E-state index contributed by atoms with van der Waals surface area (Å²) in [6.45, 7) is 9.94. The number of fused-ring (bicyclic) bond motifs is 2. The first-order chi connectivity index (χ1) is 19.0. The highest BCUT2D eigenvalue weighted by Gasteiger charge is 2.30. The van der Waals surface area contributed by atoms with Crippen molar-refractivity contribution < 1.29 is 9.90 Å². The van der Waals surface area contributed by atoms with E-state index in [1.807, 2.05) is 29.2 Å². The van der Waals surface area contributed by atoms with Crippen molar-refractivity contribution in [2.24, 2.45) is 0 Å². The van der Waals surface area contributed by atoms with Crippen molar-refractivity contribution in [3.63, 3.8) is 0 Å². The maximum absolute atomic E-state index is 12.2. The number of carbonyl (C=O) groups excluding carboxylic acids is 1. The van der Waals surface area contributed by atoms with Crippen LogP contribution in [0.15, 0.2) is 49.1 Å². The molecule has 0 spiro atoms. The number of likely N-dealkylation sites (tertiary alicyclic amines) is 1. The van der Waals surface area contributed by atoms with Crippen molar-refractivity contribution in [3.8, 4) is 5.75 Å². The number of aromatic nitrogens is 2. The Morgan fingerprint density at radius 2 is 1.92 bits per heavy atom. The van der Waals surface area contributed by atoms with Crippen LogP contribution in [-0.2, 0) is 30.8 Å². The van der Waals surface area contributed by atoms with Gasteiger partial charge in [0.2, 0.25) is 5.91 Å². The Hall–Kier alpha value is -3.49. The van der Waals surface area contributed by atoms with Gasteiger partial charge >= 0.3 is 0 Å². The SMILES string of the molecule is C=CC(=O)N1CCN(c2nc(CC[C@@H]3CCCN3C)nc3c2CN(Cc2cc(O)cc4ccccc24)C3)CC1. The molecule has 2 aromatic carbocycles. The minimum Gasteiger partial charge on any atom is -0.508 e. The zero-order valence-electron chi connectivity index (χ0n) is 22.8. The maximum atomic E-state index is 12.2. The van der Waals surface area contributed by atoms with Crippen molar-refractivity contribution in [2.45, 2.75) is 51.4 Å². The van der Waals surface area contributed by atoms with Gasteiger partial charge in [-0.15, -0.1) is 0 Å². The molecule has 0 bridgehead atoms. The highest BCUT2D eigenvalue weighted by atomic mass is 16.3. The molecule has 39 heavy (non-hydrogen) atoms. The van der Waals surface area contributed by atoms with Crippen molar-refractivity contribution in [1.29, 1.82) is 0 Å². The molecule has 4 heterocycles. The van der Waals surface area contributed by atoms with Crippen LogP contribution in [0, 0.1) is 0 Å². The molecule has 3 aliphatic rings. The molecule has 3 aliphatic heterocycles. The Balaban J connectivity index is 1.25. The number of aryl methyl sites for hydroxylation is 1. The summed E-state index contributed by atoms with van der Waals surface area (Å²) in [5.41, 5.74) is 3.43. The van der Waals surface area contributed by atoms with Gasteiger partial charge in [0.15, 0.2) is 0 Å². The van der Waals surface area contributed by atoms with Crippen molar-refractivity contribution >= 4 is 22.5 Å². The molecule has 2 fully saturated rings. The summed E-state index contributed by atoms with van der Waals surface area (Å²) in [7, 11) is 2.22. The van der Waals surface area contributed by atoms with Gasteiger partial charge < -0.3 is 19.8 Å².